The molecule has 1 amide bonds. The molecule has 0 aromatic heterocycles. The number of anilines is 1. The lowest BCUT2D eigenvalue weighted by molar-refractivity contribution is 0.0956. The lowest BCUT2D eigenvalue weighted by atomic mass is 10.1. The normalized spacial score (nSPS) is 15.1. The summed E-state index contributed by atoms with van der Waals surface area (Å²) in [5, 5.41) is 2.64. The molecule has 0 bridgehead atoms. The van der Waals surface area contributed by atoms with Crippen molar-refractivity contribution < 1.29 is 21.6 Å². The Morgan fingerprint density at radius 1 is 1.07 bits per heavy atom. The SMILES string of the molecule is CCN(CC)S(=O)(=O)c1ccc(N2CCCC2)c(C(=O)NCCS(=O)(=O)CC)c1. The van der Waals surface area contributed by atoms with Crippen LogP contribution >= 0.6 is 0 Å². The summed E-state index contributed by atoms with van der Waals surface area (Å²) in [5.74, 6) is -0.597. The van der Waals surface area contributed by atoms with E-state index >= 15 is 0 Å². The van der Waals surface area contributed by atoms with Gasteiger partial charge in [0.05, 0.1) is 16.2 Å². The van der Waals surface area contributed by atoms with Crippen LogP contribution in [0.5, 0.6) is 0 Å². The maximum absolute atomic E-state index is 12.9. The summed E-state index contributed by atoms with van der Waals surface area (Å²) in [6.07, 6.45) is 2.02. The Morgan fingerprint density at radius 2 is 1.69 bits per heavy atom. The molecule has 0 atom stereocenters. The molecule has 1 aliphatic rings. The molecule has 1 saturated heterocycles. The molecule has 0 spiro atoms. The van der Waals surface area contributed by atoms with Crippen molar-refractivity contribution in [3.8, 4) is 0 Å². The summed E-state index contributed by atoms with van der Waals surface area (Å²) in [5.41, 5.74) is 0.936. The molecule has 1 aromatic rings. The highest BCUT2D eigenvalue weighted by Crippen LogP contribution is 2.28. The number of hydrogen-bond donors (Lipinski definition) is 1. The zero-order valence-electron chi connectivity index (χ0n) is 17.3. The molecule has 1 fully saturated rings. The largest absolute Gasteiger partial charge is 0.371 e. The van der Waals surface area contributed by atoms with Gasteiger partial charge in [-0.25, -0.2) is 16.8 Å². The van der Waals surface area contributed by atoms with Crippen LogP contribution in [0.1, 0.15) is 44.0 Å². The zero-order chi connectivity index (χ0) is 21.7. The molecule has 1 N–H and O–H groups in total. The molecule has 29 heavy (non-hydrogen) atoms. The Bertz CT molecular complexity index is 919. The molecule has 10 heteroatoms. The van der Waals surface area contributed by atoms with Gasteiger partial charge in [0.25, 0.3) is 5.91 Å². The fourth-order valence-corrected chi connectivity index (χ4v) is 5.55. The first kappa shape index (κ1) is 23.6. The zero-order valence-corrected chi connectivity index (χ0v) is 19.0. The van der Waals surface area contributed by atoms with Gasteiger partial charge in [0.15, 0.2) is 9.84 Å². The van der Waals surface area contributed by atoms with Gasteiger partial charge in [-0.15, -0.1) is 0 Å². The number of rotatable bonds is 10. The van der Waals surface area contributed by atoms with Crippen LogP contribution in [-0.2, 0) is 19.9 Å². The van der Waals surface area contributed by atoms with E-state index in [9.17, 15) is 21.6 Å². The summed E-state index contributed by atoms with van der Waals surface area (Å²) < 4.78 is 50.5. The monoisotopic (exact) mass is 445 g/mol. The van der Waals surface area contributed by atoms with Crippen LogP contribution in [0.25, 0.3) is 0 Å². The molecular weight excluding hydrogens is 414 g/mol. The van der Waals surface area contributed by atoms with E-state index in [4.69, 9.17) is 0 Å². The van der Waals surface area contributed by atoms with E-state index in [0.29, 0.717) is 18.8 Å². The summed E-state index contributed by atoms with van der Waals surface area (Å²) in [4.78, 5) is 15.0. The number of nitrogens with zero attached hydrogens (tertiary/aromatic N) is 2. The van der Waals surface area contributed by atoms with E-state index in [-0.39, 0.29) is 28.5 Å². The van der Waals surface area contributed by atoms with Gasteiger partial charge in [0.2, 0.25) is 10.0 Å². The quantitative estimate of drug-likeness (QED) is 0.585. The Hall–Kier alpha value is -1.65. The molecule has 2 rings (SSSR count). The number of amides is 1. The first-order chi connectivity index (χ1) is 13.7. The minimum absolute atomic E-state index is 0.0124. The molecular formula is C19H31N3O5S2. The van der Waals surface area contributed by atoms with Gasteiger partial charge < -0.3 is 10.2 Å². The fraction of sp³-hybridized carbons (Fsp3) is 0.632. The van der Waals surface area contributed by atoms with Crippen LogP contribution in [0, 0.1) is 0 Å². The number of carbonyl (C=O) groups excluding carboxylic acids is 1. The molecule has 1 aliphatic heterocycles. The van der Waals surface area contributed by atoms with Gasteiger partial charge in [0, 0.05) is 44.2 Å². The van der Waals surface area contributed by atoms with E-state index in [1.807, 2.05) is 0 Å². The van der Waals surface area contributed by atoms with Crippen LogP contribution in [0.2, 0.25) is 0 Å². The lowest BCUT2D eigenvalue weighted by Gasteiger charge is -2.23. The second-order valence-electron chi connectivity index (χ2n) is 6.95. The highest BCUT2D eigenvalue weighted by Gasteiger charge is 2.26. The summed E-state index contributed by atoms with van der Waals surface area (Å²) in [6, 6.07) is 4.63. The average Bonchev–Trinajstić information content (AvgIpc) is 3.22. The fourth-order valence-electron chi connectivity index (χ4n) is 3.36. The molecule has 0 saturated carbocycles. The van der Waals surface area contributed by atoms with Crippen molar-refractivity contribution in [2.24, 2.45) is 0 Å². The smallest absolute Gasteiger partial charge is 0.253 e. The van der Waals surface area contributed by atoms with Crippen molar-refractivity contribution in [3.05, 3.63) is 23.8 Å². The lowest BCUT2D eigenvalue weighted by Crippen LogP contribution is -2.33. The third-order valence-electron chi connectivity index (χ3n) is 5.14. The van der Waals surface area contributed by atoms with Gasteiger partial charge >= 0.3 is 0 Å². The first-order valence-electron chi connectivity index (χ1n) is 10.0. The molecule has 0 radical (unpaired) electrons. The van der Waals surface area contributed by atoms with Crippen LogP contribution in [0.3, 0.4) is 0 Å². The van der Waals surface area contributed by atoms with Crippen LogP contribution in [0.4, 0.5) is 5.69 Å². The van der Waals surface area contributed by atoms with Crippen molar-refractivity contribution in [1.82, 2.24) is 9.62 Å². The van der Waals surface area contributed by atoms with Crippen molar-refractivity contribution >= 4 is 31.5 Å². The van der Waals surface area contributed by atoms with Gasteiger partial charge in [0.1, 0.15) is 0 Å². The predicted molar refractivity (Wildman–Crippen MR) is 115 cm³/mol. The van der Waals surface area contributed by atoms with Crippen molar-refractivity contribution in [3.63, 3.8) is 0 Å². The van der Waals surface area contributed by atoms with E-state index in [1.54, 1.807) is 32.9 Å². The number of carbonyl (C=O) groups is 1. The summed E-state index contributed by atoms with van der Waals surface area (Å²) in [7, 11) is -6.91. The Balaban J connectivity index is 2.36. The van der Waals surface area contributed by atoms with Gasteiger partial charge in [-0.1, -0.05) is 20.8 Å². The van der Waals surface area contributed by atoms with Gasteiger partial charge in [-0.2, -0.15) is 4.31 Å². The highest BCUT2D eigenvalue weighted by atomic mass is 32.2. The molecule has 164 valence electrons. The molecule has 1 heterocycles. The third kappa shape index (κ3) is 5.70. The Labute approximate surface area is 174 Å². The minimum atomic E-state index is -3.71. The standard InChI is InChI=1S/C19H31N3O5S2/c1-4-22(5-2)29(26,27)16-9-10-18(21-12-7-8-13-21)17(15-16)19(23)20-11-14-28(24,25)6-3/h9-10,15H,4-8,11-14H2,1-3H3,(H,20,23). The molecule has 0 unspecified atom stereocenters. The molecule has 1 aromatic carbocycles. The van der Waals surface area contributed by atoms with Crippen molar-refractivity contribution in [2.75, 3.05) is 49.1 Å². The second kappa shape index (κ2) is 9.90. The number of benzene rings is 1. The number of sulfonamides is 1. The minimum Gasteiger partial charge on any atom is -0.371 e. The number of sulfone groups is 1. The third-order valence-corrected chi connectivity index (χ3v) is 8.89. The van der Waals surface area contributed by atoms with Crippen molar-refractivity contribution in [2.45, 2.75) is 38.5 Å². The van der Waals surface area contributed by atoms with Crippen LogP contribution in [0.15, 0.2) is 23.1 Å². The Kier molecular flexibility index (Phi) is 8.07. The predicted octanol–water partition coefficient (Wildman–Crippen LogP) is 1.48. The second-order valence-corrected chi connectivity index (χ2v) is 11.4. The highest BCUT2D eigenvalue weighted by molar-refractivity contribution is 7.91. The first-order valence-corrected chi connectivity index (χ1v) is 13.3. The van der Waals surface area contributed by atoms with E-state index in [1.165, 1.54) is 10.4 Å². The molecule has 0 aliphatic carbocycles. The van der Waals surface area contributed by atoms with Gasteiger partial charge in [-0.05, 0) is 31.0 Å². The van der Waals surface area contributed by atoms with Crippen LogP contribution in [-0.4, -0.2) is 71.3 Å². The Morgan fingerprint density at radius 3 is 2.24 bits per heavy atom. The van der Waals surface area contributed by atoms with E-state index < -0.39 is 25.8 Å². The maximum atomic E-state index is 12.9. The summed E-state index contributed by atoms with van der Waals surface area (Å²) in [6.45, 7) is 7.35. The summed E-state index contributed by atoms with van der Waals surface area (Å²) >= 11 is 0. The number of hydrogen-bond acceptors (Lipinski definition) is 6. The molecule has 8 nitrogen and oxygen atoms in total. The van der Waals surface area contributed by atoms with Crippen molar-refractivity contribution in [1.29, 1.82) is 0 Å². The van der Waals surface area contributed by atoms with E-state index in [0.717, 1.165) is 25.9 Å². The maximum Gasteiger partial charge on any atom is 0.253 e. The van der Waals surface area contributed by atoms with Gasteiger partial charge in [-0.3, -0.25) is 4.79 Å². The average molecular weight is 446 g/mol. The van der Waals surface area contributed by atoms with Crippen LogP contribution < -0.4 is 10.2 Å². The number of nitrogens with one attached hydrogen (secondary N) is 1. The topological polar surface area (TPSA) is 104 Å². The van der Waals surface area contributed by atoms with E-state index in [2.05, 4.69) is 10.2 Å².